The molecule has 0 aliphatic heterocycles. The molecule has 0 bridgehead atoms. The summed E-state index contributed by atoms with van der Waals surface area (Å²) < 4.78 is 0. The van der Waals surface area contributed by atoms with Crippen molar-refractivity contribution >= 4 is 5.91 Å². The highest BCUT2D eigenvalue weighted by Crippen LogP contribution is 2.07. The van der Waals surface area contributed by atoms with E-state index in [9.17, 15) is 4.79 Å². The van der Waals surface area contributed by atoms with E-state index in [1.165, 1.54) is 32.1 Å². The van der Waals surface area contributed by atoms with E-state index < -0.39 is 0 Å². The lowest BCUT2D eigenvalue weighted by atomic mass is 10.00. The summed E-state index contributed by atoms with van der Waals surface area (Å²) in [6.07, 6.45) is 8.84. The third kappa shape index (κ3) is 13.4. The van der Waals surface area contributed by atoms with E-state index in [1.54, 1.807) is 0 Å². The molecular formula is C14H30N2O. The average molecular weight is 242 g/mol. The van der Waals surface area contributed by atoms with Crippen molar-refractivity contribution in [2.75, 3.05) is 6.54 Å². The summed E-state index contributed by atoms with van der Waals surface area (Å²) in [5.41, 5.74) is 5.59. The Labute approximate surface area is 107 Å². The Morgan fingerprint density at radius 2 is 1.71 bits per heavy atom. The lowest BCUT2D eigenvalue weighted by molar-refractivity contribution is -0.121. The van der Waals surface area contributed by atoms with Crippen LogP contribution in [0.4, 0.5) is 0 Å². The van der Waals surface area contributed by atoms with Crippen LogP contribution in [0, 0.1) is 0 Å². The molecule has 0 aromatic carbocycles. The Kier molecular flexibility index (Phi) is 9.14. The molecule has 17 heavy (non-hydrogen) atoms. The molecule has 3 nitrogen and oxygen atoms in total. The lowest BCUT2D eigenvalue weighted by Crippen LogP contribution is -2.34. The van der Waals surface area contributed by atoms with Crippen molar-refractivity contribution in [3.05, 3.63) is 0 Å². The molecule has 3 heteroatoms. The number of hydrogen-bond donors (Lipinski definition) is 2. The van der Waals surface area contributed by atoms with Gasteiger partial charge in [-0.05, 0) is 26.7 Å². The molecule has 0 atom stereocenters. The first-order chi connectivity index (χ1) is 7.95. The number of nitrogens with two attached hydrogens (primary N) is 1. The first-order valence-corrected chi connectivity index (χ1v) is 7.01. The molecule has 0 saturated carbocycles. The predicted octanol–water partition coefficient (Wildman–Crippen LogP) is 2.98. The minimum atomic E-state index is -0.239. The molecule has 0 aromatic rings. The minimum absolute atomic E-state index is 0.136. The van der Waals surface area contributed by atoms with Gasteiger partial charge in [-0.15, -0.1) is 0 Å². The molecule has 0 radical (unpaired) electrons. The molecule has 0 saturated heterocycles. The van der Waals surface area contributed by atoms with Gasteiger partial charge < -0.3 is 11.1 Å². The number of hydrogen-bond acceptors (Lipinski definition) is 2. The molecule has 0 spiro atoms. The Morgan fingerprint density at radius 3 is 2.29 bits per heavy atom. The fraction of sp³-hybridized carbons (Fsp3) is 0.929. The summed E-state index contributed by atoms with van der Waals surface area (Å²) in [5.74, 6) is 0.136. The van der Waals surface area contributed by atoms with Crippen LogP contribution in [0.25, 0.3) is 0 Å². The van der Waals surface area contributed by atoms with Gasteiger partial charge in [0.05, 0.1) is 0 Å². The maximum Gasteiger partial charge on any atom is 0.220 e. The third-order valence-corrected chi connectivity index (χ3v) is 2.85. The van der Waals surface area contributed by atoms with Gasteiger partial charge in [0.25, 0.3) is 0 Å². The van der Waals surface area contributed by atoms with Crippen LogP contribution in [0.1, 0.15) is 72.1 Å². The molecule has 0 aliphatic rings. The van der Waals surface area contributed by atoms with Crippen LogP contribution in [0.15, 0.2) is 0 Å². The minimum Gasteiger partial charge on any atom is -0.356 e. The molecule has 102 valence electrons. The van der Waals surface area contributed by atoms with Crippen molar-refractivity contribution < 1.29 is 4.79 Å². The van der Waals surface area contributed by atoms with Crippen molar-refractivity contribution in [1.82, 2.24) is 5.32 Å². The highest BCUT2D eigenvalue weighted by Gasteiger charge is 2.12. The molecule has 0 aromatic heterocycles. The second-order valence-corrected chi connectivity index (χ2v) is 5.61. The van der Waals surface area contributed by atoms with E-state index in [0.717, 1.165) is 19.4 Å². The number of nitrogens with one attached hydrogen (secondary N) is 1. The Morgan fingerprint density at radius 1 is 1.12 bits per heavy atom. The van der Waals surface area contributed by atoms with Crippen molar-refractivity contribution in [3.8, 4) is 0 Å². The Bertz CT molecular complexity index is 197. The molecule has 0 heterocycles. The zero-order chi connectivity index (χ0) is 13.1. The van der Waals surface area contributed by atoms with E-state index in [4.69, 9.17) is 5.73 Å². The highest BCUT2D eigenvalue weighted by atomic mass is 16.1. The number of amides is 1. The van der Waals surface area contributed by atoms with Crippen molar-refractivity contribution in [2.45, 2.75) is 77.7 Å². The molecule has 1 amide bonds. The van der Waals surface area contributed by atoms with Crippen LogP contribution in [0.5, 0.6) is 0 Å². The number of carbonyl (C=O) groups is 1. The summed E-state index contributed by atoms with van der Waals surface area (Å²) in [6, 6.07) is 0. The smallest absolute Gasteiger partial charge is 0.220 e. The second-order valence-electron chi connectivity index (χ2n) is 5.61. The molecule has 3 N–H and O–H groups in total. The van der Waals surface area contributed by atoms with E-state index in [1.807, 2.05) is 13.8 Å². The lowest BCUT2D eigenvalue weighted by Gasteiger charge is -2.17. The van der Waals surface area contributed by atoms with Crippen molar-refractivity contribution in [3.63, 3.8) is 0 Å². The van der Waals surface area contributed by atoms with E-state index >= 15 is 0 Å². The average Bonchev–Trinajstić information content (AvgIpc) is 2.24. The Hall–Kier alpha value is -0.570. The fourth-order valence-corrected chi connectivity index (χ4v) is 1.66. The Balaban J connectivity index is 3.28. The SMILES string of the molecule is CCCCCCCCNC(=O)CCC(C)(C)N. The van der Waals surface area contributed by atoms with E-state index in [0.29, 0.717) is 6.42 Å². The highest BCUT2D eigenvalue weighted by molar-refractivity contribution is 5.75. The van der Waals surface area contributed by atoms with Gasteiger partial charge in [-0.2, -0.15) is 0 Å². The van der Waals surface area contributed by atoms with Crippen LogP contribution < -0.4 is 11.1 Å². The topological polar surface area (TPSA) is 55.1 Å². The van der Waals surface area contributed by atoms with Crippen LogP contribution in [-0.2, 0) is 4.79 Å². The molecular weight excluding hydrogens is 212 g/mol. The zero-order valence-corrected chi connectivity index (χ0v) is 11.8. The predicted molar refractivity (Wildman–Crippen MR) is 73.9 cm³/mol. The maximum absolute atomic E-state index is 11.5. The van der Waals surface area contributed by atoms with Crippen LogP contribution in [-0.4, -0.2) is 18.0 Å². The standard InChI is InChI=1S/C14H30N2O/c1-4-5-6-7-8-9-12-16-13(17)10-11-14(2,3)15/h4-12,15H2,1-3H3,(H,16,17). The monoisotopic (exact) mass is 242 g/mol. The zero-order valence-electron chi connectivity index (χ0n) is 11.8. The van der Waals surface area contributed by atoms with Crippen LogP contribution in [0.2, 0.25) is 0 Å². The first-order valence-electron chi connectivity index (χ1n) is 7.01. The first kappa shape index (κ1) is 16.4. The summed E-state index contributed by atoms with van der Waals surface area (Å²) in [5, 5.41) is 2.95. The molecule has 0 fully saturated rings. The van der Waals surface area contributed by atoms with E-state index in [2.05, 4.69) is 12.2 Å². The number of unbranched alkanes of at least 4 members (excludes halogenated alkanes) is 5. The largest absolute Gasteiger partial charge is 0.356 e. The van der Waals surface area contributed by atoms with Gasteiger partial charge in [0.1, 0.15) is 0 Å². The molecule has 0 unspecified atom stereocenters. The van der Waals surface area contributed by atoms with Gasteiger partial charge >= 0.3 is 0 Å². The third-order valence-electron chi connectivity index (χ3n) is 2.85. The molecule has 0 rings (SSSR count). The van der Waals surface area contributed by atoms with Gasteiger partial charge in [-0.1, -0.05) is 39.0 Å². The number of carbonyl (C=O) groups excluding carboxylic acids is 1. The van der Waals surface area contributed by atoms with Gasteiger partial charge in [0.15, 0.2) is 0 Å². The normalized spacial score (nSPS) is 11.5. The summed E-state index contributed by atoms with van der Waals surface area (Å²) in [7, 11) is 0. The van der Waals surface area contributed by atoms with Crippen molar-refractivity contribution in [1.29, 1.82) is 0 Å². The summed E-state index contributed by atoms with van der Waals surface area (Å²) >= 11 is 0. The summed E-state index contributed by atoms with van der Waals surface area (Å²) in [4.78, 5) is 11.5. The van der Waals surface area contributed by atoms with Crippen LogP contribution >= 0.6 is 0 Å². The van der Waals surface area contributed by atoms with Crippen LogP contribution in [0.3, 0.4) is 0 Å². The van der Waals surface area contributed by atoms with E-state index in [-0.39, 0.29) is 11.4 Å². The second kappa shape index (κ2) is 9.46. The van der Waals surface area contributed by atoms with Gasteiger partial charge in [-0.3, -0.25) is 4.79 Å². The quantitative estimate of drug-likeness (QED) is 0.579. The van der Waals surface area contributed by atoms with Gasteiger partial charge in [0.2, 0.25) is 5.91 Å². The van der Waals surface area contributed by atoms with Gasteiger partial charge in [0, 0.05) is 18.5 Å². The maximum atomic E-state index is 11.5. The van der Waals surface area contributed by atoms with Crippen molar-refractivity contribution in [2.24, 2.45) is 5.73 Å². The van der Waals surface area contributed by atoms with Gasteiger partial charge in [-0.25, -0.2) is 0 Å². The summed E-state index contributed by atoms with van der Waals surface area (Å²) in [6.45, 7) is 6.94. The number of rotatable bonds is 10. The molecule has 0 aliphatic carbocycles. The fourth-order valence-electron chi connectivity index (χ4n) is 1.66.